The molecule has 2 rings (SSSR count). The van der Waals surface area contributed by atoms with Crippen LogP contribution in [0.4, 0.5) is 4.39 Å². The van der Waals surface area contributed by atoms with Crippen LogP contribution in [0.1, 0.15) is 11.4 Å². The molecule has 0 aliphatic rings. The zero-order valence-corrected chi connectivity index (χ0v) is 9.03. The average Bonchev–Trinajstić information content (AvgIpc) is 2.64. The average molecular weight is 220 g/mol. The van der Waals surface area contributed by atoms with Crippen molar-refractivity contribution in [3.63, 3.8) is 0 Å². The Balaban J connectivity index is 1.84. The molecule has 0 atom stereocenters. The fourth-order valence-corrected chi connectivity index (χ4v) is 1.43. The summed E-state index contributed by atoms with van der Waals surface area (Å²) in [6, 6.07) is 8.09. The van der Waals surface area contributed by atoms with Gasteiger partial charge in [0, 0.05) is 18.2 Å². The van der Waals surface area contributed by atoms with Gasteiger partial charge in [-0.15, -0.1) is 0 Å². The first-order chi connectivity index (χ1) is 7.74. The van der Waals surface area contributed by atoms with Crippen LogP contribution in [-0.4, -0.2) is 16.8 Å². The normalized spacial score (nSPS) is 10.4. The summed E-state index contributed by atoms with van der Waals surface area (Å²) in [4.78, 5) is 0. The SMILES string of the molecule is Cc1cc(CCOc2cccc(F)c2)n[nH]1. The number of benzene rings is 1. The monoisotopic (exact) mass is 220 g/mol. The zero-order valence-electron chi connectivity index (χ0n) is 9.03. The Morgan fingerprint density at radius 3 is 2.94 bits per heavy atom. The predicted octanol–water partition coefficient (Wildman–Crippen LogP) is 2.48. The lowest BCUT2D eigenvalue weighted by Gasteiger charge is -2.04. The van der Waals surface area contributed by atoms with Crippen molar-refractivity contribution >= 4 is 0 Å². The van der Waals surface area contributed by atoms with E-state index >= 15 is 0 Å². The van der Waals surface area contributed by atoms with Gasteiger partial charge < -0.3 is 4.74 Å². The maximum atomic E-state index is 12.8. The van der Waals surface area contributed by atoms with Gasteiger partial charge in [-0.25, -0.2) is 4.39 Å². The van der Waals surface area contributed by atoms with E-state index in [0.29, 0.717) is 18.8 Å². The number of aromatic amines is 1. The predicted molar refractivity (Wildman–Crippen MR) is 58.9 cm³/mol. The Morgan fingerprint density at radius 2 is 2.25 bits per heavy atom. The number of ether oxygens (including phenoxy) is 1. The fourth-order valence-electron chi connectivity index (χ4n) is 1.43. The summed E-state index contributed by atoms with van der Waals surface area (Å²) in [5.41, 5.74) is 1.98. The topological polar surface area (TPSA) is 37.9 Å². The highest BCUT2D eigenvalue weighted by Crippen LogP contribution is 2.12. The minimum Gasteiger partial charge on any atom is -0.493 e. The van der Waals surface area contributed by atoms with Crippen LogP contribution in [-0.2, 0) is 6.42 Å². The molecule has 0 spiro atoms. The number of nitrogens with one attached hydrogen (secondary N) is 1. The standard InChI is InChI=1S/C12H13FN2O/c1-9-7-11(15-14-9)5-6-16-12-4-2-3-10(13)8-12/h2-4,7-8H,5-6H2,1H3,(H,14,15). The molecule has 4 heteroatoms. The summed E-state index contributed by atoms with van der Waals surface area (Å²) < 4.78 is 18.2. The third kappa shape index (κ3) is 2.82. The molecule has 0 saturated carbocycles. The molecule has 1 aromatic heterocycles. The second-order valence-corrected chi connectivity index (χ2v) is 3.60. The van der Waals surface area contributed by atoms with Crippen molar-refractivity contribution in [3.8, 4) is 5.75 Å². The lowest BCUT2D eigenvalue weighted by molar-refractivity contribution is 0.319. The maximum Gasteiger partial charge on any atom is 0.126 e. The van der Waals surface area contributed by atoms with Gasteiger partial charge in [0.05, 0.1) is 12.3 Å². The van der Waals surface area contributed by atoms with E-state index in [1.54, 1.807) is 12.1 Å². The molecule has 0 aliphatic heterocycles. The molecule has 3 nitrogen and oxygen atoms in total. The number of H-pyrrole nitrogens is 1. The molecule has 0 amide bonds. The van der Waals surface area contributed by atoms with Crippen LogP contribution < -0.4 is 4.74 Å². The molecule has 0 bridgehead atoms. The van der Waals surface area contributed by atoms with Crippen LogP contribution >= 0.6 is 0 Å². The number of hydrogen-bond donors (Lipinski definition) is 1. The minimum absolute atomic E-state index is 0.284. The first-order valence-electron chi connectivity index (χ1n) is 5.13. The molecule has 0 fully saturated rings. The molecule has 0 radical (unpaired) electrons. The van der Waals surface area contributed by atoms with E-state index in [0.717, 1.165) is 11.4 Å². The van der Waals surface area contributed by atoms with Crippen molar-refractivity contribution in [2.75, 3.05) is 6.61 Å². The van der Waals surface area contributed by atoms with Gasteiger partial charge in [-0.3, -0.25) is 5.10 Å². The van der Waals surface area contributed by atoms with E-state index in [9.17, 15) is 4.39 Å². The Bertz CT molecular complexity index is 468. The highest BCUT2D eigenvalue weighted by Gasteiger charge is 1.99. The zero-order chi connectivity index (χ0) is 11.4. The lowest BCUT2D eigenvalue weighted by Crippen LogP contribution is -2.01. The fraction of sp³-hybridized carbons (Fsp3) is 0.250. The van der Waals surface area contributed by atoms with E-state index < -0.39 is 0 Å². The summed E-state index contributed by atoms with van der Waals surface area (Å²) >= 11 is 0. The molecular formula is C12H13FN2O. The number of aryl methyl sites for hydroxylation is 1. The van der Waals surface area contributed by atoms with Gasteiger partial charge in [-0.1, -0.05) is 6.07 Å². The summed E-state index contributed by atoms with van der Waals surface area (Å²) in [6.07, 6.45) is 0.709. The van der Waals surface area contributed by atoms with Crippen LogP contribution in [0.2, 0.25) is 0 Å². The van der Waals surface area contributed by atoms with Gasteiger partial charge in [0.1, 0.15) is 11.6 Å². The smallest absolute Gasteiger partial charge is 0.126 e. The quantitative estimate of drug-likeness (QED) is 0.859. The molecule has 0 aliphatic carbocycles. The van der Waals surface area contributed by atoms with E-state index in [2.05, 4.69) is 10.2 Å². The third-order valence-electron chi connectivity index (χ3n) is 2.18. The van der Waals surface area contributed by atoms with Gasteiger partial charge in [-0.2, -0.15) is 5.10 Å². The number of aromatic nitrogens is 2. The van der Waals surface area contributed by atoms with Gasteiger partial charge >= 0.3 is 0 Å². The highest BCUT2D eigenvalue weighted by molar-refractivity contribution is 5.22. The first-order valence-corrected chi connectivity index (χ1v) is 5.13. The van der Waals surface area contributed by atoms with Gasteiger partial charge in [0.15, 0.2) is 0 Å². The van der Waals surface area contributed by atoms with Gasteiger partial charge in [-0.05, 0) is 25.1 Å². The second kappa shape index (κ2) is 4.79. The van der Waals surface area contributed by atoms with Gasteiger partial charge in [0.2, 0.25) is 0 Å². The number of nitrogens with zero attached hydrogens (tertiary/aromatic N) is 1. The van der Waals surface area contributed by atoms with Crippen molar-refractivity contribution in [2.45, 2.75) is 13.3 Å². The Kier molecular flexibility index (Phi) is 3.19. The molecule has 1 N–H and O–H groups in total. The molecule has 1 aromatic carbocycles. The second-order valence-electron chi connectivity index (χ2n) is 3.60. The first kappa shape index (κ1) is 10.7. The Labute approximate surface area is 93.3 Å². The summed E-state index contributed by atoms with van der Waals surface area (Å²) in [5, 5.41) is 6.95. The van der Waals surface area contributed by atoms with Gasteiger partial charge in [0.25, 0.3) is 0 Å². The molecule has 0 saturated heterocycles. The molecule has 84 valence electrons. The van der Waals surface area contributed by atoms with E-state index in [1.807, 2.05) is 13.0 Å². The van der Waals surface area contributed by atoms with Crippen molar-refractivity contribution < 1.29 is 9.13 Å². The van der Waals surface area contributed by atoms with Crippen LogP contribution in [0, 0.1) is 12.7 Å². The molecule has 0 unspecified atom stereocenters. The van der Waals surface area contributed by atoms with Crippen LogP contribution in [0.5, 0.6) is 5.75 Å². The molecule has 1 heterocycles. The van der Waals surface area contributed by atoms with Crippen LogP contribution in [0.25, 0.3) is 0 Å². The maximum absolute atomic E-state index is 12.8. The molecular weight excluding hydrogens is 207 g/mol. The third-order valence-corrected chi connectivity index (χ3v) is 2.18. The summed E-state index contributed by atoms with van der Waals surface area (Å²) in [5.74, 6) is 0.264. The van der Waals surface area contributed by atoms with Crippen molar-refractivity contribution in [3.05, 3.63) is 47.5 Å². The largest absolute Gasteiger partial charge is 0.493 e. The molecule has 16 heavy (non-hydrogen) atoms. The van der Waals surface area contributed by atoms with Crippen LogP contribution in [0.15, 0.2) is 30.3 Å². The Morgan fingerprint density at radius 1 is 1.38 bits per heavy atom. The molecule has 2 aromatic rings. The van der Waals surface area contributed by atoms with Crippen LogP contribution in [0.3, 0.4) is 0 Å². The minimum atomic E-state index is -0.284. The summed E-state index contributed by atoms with van der Waals surface area (Å²) in [7, 11) is 0. The highest BCUT2D eigenvalue weighted by atomic mass is 19.1. The van der Waals surface area contributed by atoms with E-state index in [4.69, 9.17) is 4.74 Å². The number of rotatable bonds is 4. The Hall–Kier alpha value is -1.84. The summed E-state index contributed by atoms with van der Waals surface area (Å²) in [6.45, 7) is 2.44. The number of halogens is 1. The van der Waals surface area contributed by atoms with E-state index in [1.165, 1.54) is 12.1 Å². The lowest BCUT2D eigenvalue weighted by atomic mass is 10.3. The number of hydrogen-bond acceptors (Lipinski definition) is 2. The van der Waals surface area contributed by atoms with Crippen molar-refractivity contribution in [1.82, 2.24) is 10.2 Å². The van der Waals surface area contributed by atoms with Crippen molar-refractivity contribution in [1.29, 1.82) is 0 Å². The van der Waals surface area contributed by atoms with E-state index in [-0.39, 0.29) is 5.82 Å². The van der Waals surface area contributed by atoms with Crippen molar-refractivity contribution in [2.24, 2.45) is 0 Å².